The number of hydrogen-bond donors (Lipinski definition) is 1. The maximum atomic E-state index is 10.1. The highest BCUT2D eigenvalue weighted by atomic mass is 16.3. The molecule has 0 saturated carbocycles. The lowest BCUT2D eigenvalue weighted by atomic mass is 9.93. The zero-order valence-electron chi connectivity index (χ0n) is 10.4. The summed E-state index contributed by atoms with van der Waals surface area (Å²) >= 11 is 0. The molecule has 2 rings (SSSR count). The van der Waals surface area contributed by atoms with Gasteiger partial charge in [0.15, 0.2) is 0 Å². The molecule has 3 heteroatoms. The van der Waals surface area contributed by atoms with Crippen molar-refractivity contribution in [2.24, 2.45) is 0 Å². The third-order valence-corrected chi connectivity index (χ3v) is 3.35. The molecule has 1 saturated heterocycles. The van der Waals surface area contributed by atoms with Crippen molar-refractivity contribution < 1.29 is 5.11 Å². The molecule has 0 aromatic heterocycles. The van der Waals surface area contributed by atoms with Gasteiger partial charge in [0.2, 0.25) is 0 Å². The van der Waals surface area contributed by atoms with Gasteiger partial charge in [0.1, 0.15) is 6.07 Å². The van der Waals surface area contributed by atoms with Crippen molar-refractivity contribution >= 4 is 5.69 Å². The third kappa shape index (κ3) is 2.42. The fourth-order valence-corrected chi connectivity index (χ4v) is 2.58. The van der Waals surface area contributed by atoms with Gasteiger partial charge >= 0.3 is 0 Å². The van der Waals surface area contributed by atoms with Gasteiger partial charge in [-0.2, -0.15) is 5.26 Å². The second-order valence-corrected chi connectivity index (χ2v) is 5.10. The number of piperidine rings is 1. The number of nitrogens with zero attached hydrogens (tertiary/aromatic N) is 2. The Morgan fingerprint density at radius 1 is 1.47 bits per heavy atom. The first-order valence-electron chi connectivity index (χ1n) is 6.00. The van der Waals surface area contributed by atoms with Gasteiger partial charge in [0.05, 0.1) is 16.9 Å². The van der Waals surface area contributed by atoms with E-state index in [2.05, 4.69) is 11.0 Å². The highest BCUT2D eigenvalue weighted by Gasteiger charge is 2.29. The topological polar surface area (TPSA) is 47.3 Å². The van der Waals surface area contributed by atoms with Crippen molar-refractivity contribution in [3.63, 3.8) is 0 Å². The van der Waals surface area contributed by atoms with Crippen LogP contribution in [0.15, 0.2) is 18.2 Å². The minimum Gasteiger partial charge on any atom is -0.388 e. The van der Waals surface area contributed by atoms with Crippen molar-refractivity contribution in [3.05, 3.63) is 29.3 Å². The van der Waals surface area contributed by atoms with Gasteiger partial charge in [-0.05, 0) is 38.3 Å². The molecule has 0 spiro atoms. The summed E-state index contributed by atoms with van der Waals surface area (Å²) in [6, 6.07) is 7.99. The average molecular weight is 230 g/mol. The number of β-amino-alcohol motifs (C(OH)–C–C–N with tert-alkyl or cyclic N) is 1. The molecule has 1 aromatic rings. The van der Waals surface area contributed by atoms with E-state index in [1.807, 2.05) is 32.0 Å². The Bertz CT molecular complexity index is 460. The van der Waals surface area contributed by atoms with Crippen LogP contribution in [0.5, 0.6) is 0 Å². The number of anilines is 1. The number of para-hydroxylation sites is 1. The van der Waals surface area contributed by atoms with Crippen LogP contribution in [-0.4, -0.2) is 23.8 Å². The van der Waals surface area contributed by atoms with Gasteiger partial charge in [0, 0.05) is 13.1 Å². The molecule has 3 nitrogen and oxygen atoms in total. The van der Waals surface area contributed by atoms with Gasteiger partial charge in [-0.15, -0.1) is 0 Å². The van der Waals surface area contributed by atoms with Crippen LogP contribution in [0.3, 0.4) is 0 Å². The predicted molar refractivity (Wildman–Crippen MR) is 68.0 cm³/mol. The first-order valence-corrected chi connectivity index (χ1v) is 6.00. The van der Waals surface area contributed by atoms with Crippen LogP contribution in [0.1, 0.15) is 30.9 Å². The largest absolute Gasteiger partial charge is 0.388 e. The number of aryl methyl sites for hydroxylation is 1. The zero-order valence-corrected chi connectivity index (χ0v) is 10.4. The number of nitriles is 1. The molecule has 0 aliphatic carbocycles. The smallest absolute Gasteiger partial charge is 0.101 e. The van der Waals surface area contributed by atoms with E-state index < -0.39 is 5.60 Å². The van der Waals surface area contributed by atoms with Gasteiger partial charge in [-0.25, -0.2) is 0 Å². The molecular formula is C14H18N2O. The van der Waals surface area contributed by atoms with E-state index in [0.29, 0.717) is 12.1 Å². The van der Waals surface area contributed by atoms with Crippen molar-refractivity contribution in [1.82, 2.24) is 0 Å². The molecule has 17 heavy (non-hydrogen) atoms. The van der Waals surface area contributed by atoms with Crippen molar-refractivity contribution in [2.45, 2.75) is 32.3 Å². The molecule has 1 atom stereocenters. The number of rotatable bonds is 1. The highest BCUT2D eigenvalue weighted by molar-refractivity contribution is 5.64. The summed E-state index contributed by atoms with van der Waals surface area (Å²) in [6.45, 7) is 5.39. The number of benzene rings is 1. The highest BCUT2D eigenvalue weighted by Crippen LogP contribution is 2.30. The van der Waals surface area contributed by atoms with Gasteiger partial charge < -0.3 is 10.0 Å². The molecule has 0 amide bonds. The van der Waals surface area contributed by atoms with E-state index >= 15 is 0 Å². The molecule has 1 heterocycles. The predicted octanol–water partition coefficient (Wildman–Crippen LogP) is 2.22. The Hall–Kier alpha value is -1.53. The lowest BCUT2D eigenvalue weighted by Gasteiger charge is -2.39. The fourth-order valence-electron chi connectivity index (χ4n) is 2.58. The summed E-state index contributed by atoms with van der Waals surface area (Å²) in [6.07, 6.45) is 1.80. The van der Waals surface area contributed by atoms with E-state index in [-0.39, 0.29) is 0 Å². The van der Waals surface area contributed by atoms with Gasteiger partial charge in [-0.1, -0.05) is 12.1 Å². The second kappa shape index (κ2) is 4.38. The lowest BCUT2D eigenvalue weighted by molar-refractivity contribution is 0.0449. The molecule has 0 bridgehead atoms. The first-order chi connectivity index (χ1) is 8.03. The Labute approximate surface area is 102 Å². The quantitative estimate of drug-likeness (QED) is 0.804. The maximum Gasteiger partial charge on any atom is 0.101 e. The normalized spacial score (nSPS) is 24.5. The van der Waals surface area contributed by atoms with Crippen molar-refractivity contribution in [2.75, 3.05) is 18.0 Å². The molecule has 1 aliphatic heterocycles. The monoisotopic (exact) mass is 230 g/mol. The Morgan fingerprint density at radius 2 is 2.24 bits per heavy atom. The molecule has 1 aliphatic rings. The van der Waals surface area contributed by atoms with Crippen LogP contribution in [-0.2, 0) is 0 Å². The Morgan fingerprint density at radius 3 is 2.88 bits per heavy atom. The maximum absolute atomic E-state index is 10.1. The standard InChI is InChI=1S/C14H18N2O/c1-11-5-3-6-12(9-15)13(11)16-8-4-7-14(2,17)10-16/h3,5-6,17H,4,7-8,10H2,1-2H3. The molecule has 1 unspecified atom stereocenters. The van der Waals surface area contributed by atoms with Gasteiger partial charge in [0.25, 0.3) is 0 Å². The second-order valence-electron chi connectivity index (χ2n) is 5.10. The Kier molecular flexibility index (Phi) is 3.08. The van der Waals surface area contributed by atoms with Crippen molar-refractivity contribution in [3.8, 4) is 6.07 Å². The molecule has 90 valence electrons. The summed E-state index contributed by atoms with van der Waals surface area (Å²) in [5.41, 5.74) is 2.13. The molecular weight excluding hydrogens is 212 g/mol. The van der Waals surface area contributed by atoms with E-state index in [1.165, 1.54) is 0 Å². The van der Waals surface area contributed by atoms with E-state index in [4.69, 9.17) is 5.26 Å². The fraction of sp³-hybridized carbons (Fsp3) is 0.500. The van der Waals surface area contributed by atoms with Crippen molar-refractivity contribution in [1.29, 1.82) is 5.26 Å². The molecule has 1 aromatic carbocycles. The molecule has 1 N–H and O–H groups in total. The van der Waals surface area contributed by atoms with Gasteiger partial charge in [-0.3, -0.25) is 0 Å². The Balaban J connectivity index is 2.37. The summed E-state index contributed by atoms with van der Waals surface area (Å²) in [5, 5.41) is 19.3. The number of aliphatic hydroxyl groups is 1. The van der Waals surface area contributed by atoms with Crippen LogP contribution in [0, 0.1) is 18.3 Å². The van der Waals surface area contributed by atoms with Crippen LogP contribution in [0.2, 0.25) is 0 Å². The van der Waals surface area contributed by atoms with Crippen LogP contribution in [0.25, 0.3) is 0 Å². The minimum atomic E-state index is -0.646. The summed E-state index contributed by atoms with van der Waals surface area (Å²) in [4.78, 5) is 2.14. The van der Waals surface area contributed by atoms with Crippen LogP contribution >= 0.6 is 0 Å². The SMILES string of the molecule is Cc1cccc(C#N)c1N1CCCC(C)(O)C1. The number of hydrogen-bond acceptors (Lipinski definition) is 3. The summed E-state index contributed by atoms with van der Waals surface area (Å²) in [5.74, 6) is 0. The molecule has 1 fully saturated rings. The first kappa shape index (κ1) is 11.9. The summed E-state index contributed by atoms with van der Waals surface area (Å²) in [7, 11) is 0. The van der Waals surface area contributed by atoms with Crippen LogP contribution in [0.4, 0.5) is 5.69 Å². The average Bonchev–Trinajstić information content (AvgIpc) is 2.27. The zero-order chi connectivity index (χ0) is 12.5. The third-order valence-electron chi connectivity index (χ3n) is 3.35. The van der Waals surface area contributed by atoms with Crippen LogP contribution < -0.4 is 4.90 Å². The van der Waals surface area contributed by atoms with E-state index in [9.17, 15) is 5.11 Å². The lowest BCUT2D eigenvalue weighted by Crippen LogP contribution is -2.46. The molecule has 0 radical (unpaired) electrons. The minimum absolute atomic E-state index is 0.604. The summed E-state index contributed by atoms with van der Waals surface area (Å²) < 4.78 is 0. The van der Waals surface area contributed by atoms with E-state index in [0.717, 1.165) is 30.6 Å². The van der Waals surface area contributed by atoms with E-state index in [1.54, 1.807) is 0 Å².